The molecule has 1 aliphatic heterocycles. The first-order valence-electron chi connectivity index (χ1n) is 5.39. The molecule has 0 spiro atoms. The number of hydrogen-bond acceptors (Lipinski definition) is 2. The zero-order valence-corrected chi connectivity index (χ0v) is 8.79. The zero-order chi connectivity index (χ0) is 9.68. The van der Waals surface area contributed by atoms with Gasteiger partial charge in [-0.25, -0.2) is 0 Å². The molecule has 1 rings (SSSR count). The van der Waals surface area contributed by atoms with Gasteiger partial charge in [0.2, 0.25) is 0 Å². The maximum absolute atomic E-state index is 8.80. The summed E-state index contributed by atoms with van der Waals surface area (Å²) in [6.45, 7) is 3.21. The summed E-state index contributed by atoms with van der Waals surface area (Å²) in [7, 11) is 2.12. The van der Waals surface area contributed by atoms with Crippen LogP contribution in [0.3, 0.4) is 0 Å². The number of unbranched alkanes of at least 4 members (excludes halogenated alkanes) is 3. The van der Waals surface area contributed by atoms with E-state index < -0.39 is 0 Å². The van der Waals surface area contributed by atoms with Crippen LogP contribution in [0.15, 0.2) is 0 Å². The summed E-state index contributed by atoms with van der Waals surface area (Å²) in [6, 6.07) is 2.94. The van der Waals surface area contributed by atoms with Gasteiger partial charge in [0, 0.05) is 12.6 Å². The summed E-state index contributed by atoms with van der Waals surface area (Å²) in [5.41, 5.74) is 0. The molecular weight excluding hydrogens is 160 g/mol. The fourth-order valence-corrected chi connectivity index (χ4v) is 2.07. The van der Waals surface area contributed by atoms with Crippen LogP contribution in [0.2, 0.25) is 0 Å². The second-order valence-corrected chi connectivity index (χ2v) is 4.09. The first kappa shape index (κ1) is 10.5. The molecule has 0 amide bonds. The van der Waals surface area contributed by atoms with Crippen molar-refractivity contribution in [1.29, 1.82) is 5.26 Å². The molecule has 0 aromatic carbocycles. The molecule has 1 heterocycles. The molecule has 0 radical (unpaired) electrons. The summed E-state index contributed by atoms with van der Waals surface area (Å²) in [5.74, 6) is 0.312. The molecule has 13 heavy (non-hydrogen) atoms. The average Bonchev–Trinajstić information content (AvgIpc) is 2.13. The van der Waals surface area contributed by atoms with Gasteiger partial charge < -0.3 is 4.90 Å². The van der Waals surface area contributed by atoms with Crippen molar-refractivity contribution in [2.75, 3.05) is 13.6 Å². The second-order valence-electron chi connectivity index (χ2n) is 4.09. The molecule has 0 N–H and O–H groups in total. The van der Waals surface area contributed by atoms with Crippen LogP contribution in [0, 0.1) is 17.2 Å². The van der Waals surface area contributed by atoms with E-state index in [1.165, 1.54) is 32.1 Å². The van der Waals surface area contributed by atoms with E-state index in [0.29, 0.717) is 12.0 Å². The minimum Gasteiger partial charge on any atom is -0.301 e. The highest BCUT2D eigenvalue weighted by Crippen LogP contribution is 2.26. The molecule has 2 unspecified atom stereocenters. The minimum atomic E-state index is 0.312. The summed E-state index contributed by atoms with van der Waals surface area (Å²) >= 11 is 0. The zero-order valence-electron chi connectivity index (χ0n) is 8.79. The third-order valence-electron chi connectivity index (χ3n) is 3.03. The summed E-state index contributed by atoms with van der Waals surface area (Å²) in [6.07, 6.45) is 6.48. The Balaban J connectivity index is 2.10. The molecule has 0 saturated carbocycles. The molecular formula is C11H20N2. The third kappa shape index (κ3) is 2.70. The first-order valence-corrected chi connectivity index (χ1v) is 5.39. The van der Waals surface area contributed by atoms with E-state index in [0.717, 1.165) is 6.54 Å². The van der Waals surface area contributed by atoms with E-state index in [1.54, 1.807) is 0 Å². The van der Waals surface area contributed by atoms with Crippen molar-refractivity contribution in [3.8, 4) is 6.07 Å². The van der Waals surface area contributed by atoms with Gasteiger partial charge in [-0.05, 0) is 13.5 Å². The molecule has 0 aromatic heterocycles. The Morgan fingerprint density at radius 1 is 1.38 bits per heavy atom. The highest BCUT2D eigenvalue weighted by molar-refractivity contribution is 5.01. The summed E-state index contributed by atoms with van der Waals surface area (Å²) in [5, 5.41) is 8.80. The van der Waals surface area contributed by atoms with Gasteiger partial charge in [-0.15, -0.1) is 0 Å². The summed E-state index contributed by atoms with van der Waals surface area (Å²) in [4.78, 5) is 2.31. The number of hydrogen-bond donors (Lipinski definition) is 0. The van der Waals surface area contributed by atoms with Crippen molar-refractivity contribution >= 4 is 0 Å². The SMILES string of the molecule is CCCCCCC1C(C#N)CN1C. The second kappa shape index (κ2) is 5.24. The first-order chi connectivity index (χ1) is 6.29. The van der Waals surface area contributed by atoms with E-state index >= 15 is 0 Å². The Morgan fingerprint density at radius 3 is 2.69 bits per heavy atom. The Labute approximate surface area is 81.5 Å². The van der Waals surface area contributed by atoms with E-state index in [4.69, 9.17) is 5.26 Å². The van der Waals surface area contributed by atoms with Gasteiger partial charge in [-0.3, -0.25) is 0 Å². The van der Waals surface area contributed by atoms with Gasteiger partial charge in [0.05, 0.1) is 12.0 Å². The Kier molecular flexibility index (Phi) is 4.24. The van der Waals surface area contributed by atoms with Crippen molar-refractivity contribution in [1.82, 2.24) is 4.90 Å². The maximum atomic E-state index is 8.80. The van der Waals surface area contributed by atoms with Crippen molar-refractivity contribution in [2.24, 2.45) is 5.92 Å². The number of likely N-dealkylation sites (tertiary alicyclic amines) is 1. The normalized spacial score (nSPS) is 28.1. The molecule has 0 aliphatic carbocycles. The minimum absolute atomic E-state index is 0.312. The average molecular weight is 180 g/mol. The van der Waals surface area contributed by atoms with Crippen molar-refractivity contribution < 1.29 is 0 Å². The van der Waals surface area contributed by atoms with Crippen LogP contribution >= 0.6 is 0 Å². The van der Waals surface area contributed by atoms with Crippen LogP contribution in [-0.4, -0.2) is 24.5 Å². The lowest BCUT2D eigenvalue weighted by Gasteiger charge is -2.42. The van der Waals surface area contributed by atoms with Gasteiger partial charge in [-0.2, -0.15) is 5.26 Å². The van der Waals surface area contributed by atoms with Crippen LogP contribution in [0.1, 0.15) is 39.0 Å². The summed E-state index contributed by atoms with van der Waals surface area (Å²) < 4.78 is 0. The van der Waals surface area contributed by atoms with Gasteiger partial charge in [-0.1, -0.05) is 32.6 Å². The van der Waals surface area contributed by atoms with E-state index in [1.807, 2.05) is 0 Å². The number of nitrogens with zero attached hydrogens (tertiary/aromatic N) is 2. The van der Waals surface area contributed by atoms with Crippen LogP contribution in [0.4, 0.5) is 0 Å². The highest BCUT2D eigenvalue weighted by atomic mass is 15.2. The Morgan fingerprint density at radius 2 is 2.15 bits per heavy atom. The molecule has 2 atom stereocenters. The largest absolute Gasteiger partial charge is 0.301 e. The van der Waals surface area contributed by atoms with Gasteiger partial charge in [0.25, 0.3) is 0 Å². The molecule has 2 heteroatoms. The van der Waals surface area contributed by atoms with Gasteiger partial charge in [0.15, 0.2) is 0 Å². The van der Waals surface area contributed by atoms with E-state index in [-0.39, 0.29) is 0 Å². The Hall–Kier alpha value is -0.550. The van der Waals surface area contributed by atoms with Crippen molar-refractivity contribution in [3.63, 3.8) is 0 Å². The smallest absolute Gasteiger partial charge is 0.0745 e. The molecule has 1 aliphatic rings. The standard InChI is InChI=1S/C11H20N2/c1-3-4-5-6-7-11-10(8-12)9-13(11)2/h10-11H,3-7,9H2,1-2H3. The molecule has 0 aromatic rings. The van der Waals surface area contributed by atoms with Crippen LogP contribution in [0.25, 0.3) is 0 Å². The van der Waals surface area contributed by atoms with Gasteiger partial charge >= 0.3 is 0 Å². The molecule has 1 fully saturated rings. The van der Waals surface area contributed by atoms with Crippen LogP contribution in [-0.2, 0) is 0 Å². The monoisotopic (exact) mass is 180 g/mol. The van der Waals surface area contributed by atoms with Crippen molar-refractivity contribution in [2.45, 2.75) is 45.1 Å². The third-order valence-corrected chi connectivity index (χ3v) is 3.03. The number of rotatable bonds is 5. The topological polar surface area (TPSA) is 27.0 Å². The lowest BCUT2D eigenvalue weighted by atomic mass is 9.86. The molecule has 1 saturated heterocycles. The molecule has 0 bridgehead atoms. The van der Waals surface area contributed by atoms with Crippen LogP contribution in [0.5, 0.6) is 0 Å². The molecule has 2 nitrogen and oxygen atoms in total. The predicted octanol–water partition coefficient (Wildman–Crippen LogP) is 2.41. The fourth-order valence-electron chi connectivity index (χ4n) is 2.07. The Bertz CT molecular complexity index is 183. The lowest BCUT2D eigenvalue weighted by Crippen LogP contribution is -2.53. The highest BCUT2D eigenvalue weighted by Gasteiger charge is 2.35. The quantitative estimate of drug-likeness (QED) is 0.607. The van der Waals surface area contributed by atoms with Crippen LogP contribution < -0.4 is 0 Å². The van der Waals surface area contributed by atoms with Gasteiger partial charge in [0.1, 0.15) is 0 Å². The predicted molar refractivity (Wildman–Crippen MR) is 54.3 cm³/mol. The maximum Gasteiger partial charge on any atom is 0.0745 e. The van der Waals surface area contributed by atoms with Crippen molar-refractivity contribution in [3.05, 3.63) is 0 Å². The van der Waals surface area contributed by atoms with E-state index in [2.05, 4.69) is 24.9 Å². The fraction of sp³-hybridized carbons (Fsp3) is 0.909. The lowest BCUT2D eigenvalue weighted by molar-refractivity contribution is 0.0673. The molecule has 74 valence electrons. The number of nitriles is 1. The van der Waals surface area contributed by atoms with E-state index in [9.17, 15) is 0 Å².